The monoisotopic (exact) mass is 222 g/mol. The Morgan fingerprint density at radius 1 is 1.62 bits per heavy atom. The van der Waals surface area contributed by atoms with E-state index in [9.17, 15) is 4.79 Å². The van der Waals surface area contributed by atoms with Crippen molar-refractivity contribution in [3.05, 3.63) is 30.1 Å². The molecular weight excluding hydrogens is 204 g/mol. The van der Waals surface area contributed by atoms with Gasteiger partial charge in [0.25, 0.3) is 5.91 Å². The summed E-state index contributed by atoms with van der Waals surface area (Å²) in [6.45, 7) is 4.18. The van der Waals surface area contributed by atoms with Crippen molar-refractivity contribution in [2.24, 2.45) is 0 Å². The average Bonchev–Trinajstić information content (AvgIpc) is 2.36. The quantitative estimate of drug-likeness (QED) is 0.821. The topological polar surface area (TPSA) is 51.2 Å². The van der Waals surface area contributed by atoms with Gasteiger partial charge >= 0.3 is 0 Å². The first-order chi connectivity index (χ1) is 7.62. The Balaban J connectivity index is 2.53. The maximum atomic E-state index is 11.8. The summed E-state index contributed by atoms with van der Waals surface area (Å²) in [5.74, 6) is -0.0960. The Kier molecular flexibility index (Phi) is 4.43. The van der Waals surface area contributed by atoms with Crippen molar-refractivity contribution in [2.45, 2.75) is 32.4 Å². The van der Waals surface area contributed by atoms with Gasteiger partial charge in [0.2, 0.25) is 0 Å². The van der Waals surface area contributed by atoms with Crippen molar-refractivity contribution in [2.75, 3.05) is 7.11 Å². The first kappa shape index (κ1) is 12.6. The molecule has 1 rings (SSSR count). The minimum Gasteiger partial charge on any atom is -0.369 e. The van der Waals surface area contributed by atoms with Gasteiger partial charge in [-0.2, -0.15) is 0 Å². The van der Waals surface area contributed by atoms with Gasteiger partial charge in [0.05, 0.1) is 0 Å². The van der Waals surface area contributed by atoms with Crippen molar-refractivity contribution in [1.82, 2.24) is 10.3 Å². The van der Waals surface area contributed by atoms with Crippen molar-refractivity contribution in [3.63, 3.8) is 0 Å². The number of ether oxygens (including phenoxy) is 1. The highest BCUT2D eigenvalue weighted by atomic mass is 16.5. The summed E-state index contributed by atoms with van der Waals surface area (Å²) >= 11 is 0. The minimum absolute atomic E-state index is 0.0960. The van der Waals surface area contributed by atoms with E-state index in [0.717, 1.165) is 5.56 Å². The van der Waals surface area contributed by atoms with Crippen LogP contribution in [0.5, 0.6) is 0 Å². The predicted molar refractivity (Wildman–Crippen MR) is 61.8 cm³/mol. The molecule has 1 unspecified atom stereocenters. The number of nitrogens with one attached hydrogen (secondary N) is 1. The third kappa shape index (κ3) is 3.03. The lowest BCUT2D eigenvalue weighted by Gasteiger charge is -2.25. The van der Waals surface area contributed by atoms with Crippen LogP contribution in [0, 0.1) is 0 Å². The van der Waals surface area contributed by atoms with Gasteiger partial charge < -0.3 is 10.1 Å². The summed E-state index contributed by atoms with van der Waals surface area (Å²) in [6, 6.07) is 3.76. The maximum absolute atomic E-state index is 11.8. The fourth-order valence-corrected chi connectivity index (χ4v) is 1.27. The van der Waals surface area contributed by atoms with Gasteiger partial charge in [0.15, 0.2) is 0 Å². The van der Waals surface area contributed by atoms with Crippen LogP contribution in [0.25, 0.3) is 0 Å². The third-order valence-electron chi connectivity index (χ3n) is 2.78. The van der Waals surface area contributed by atoms with Crippen molar-refractivity contribution in [3.8, 4) is 0 Å². The van der Waals surface area contributed by atoms with Crippen LogP contribution in [0.3, 0.4) is 0 Å². The van der Waals surface area contributed by atoms with Crippen molar-refractivity contribution >= 4 is 5.91 Å². The van der Waals surface area contributed by atoms with E-state index >= 15 is 0 Å². The molecular formula is C12H18N2O2. The molecule has 4 heteroatoms. The highest BCUT2D eigenvalue weighted by molar-refractivity contribution is 5.84. The normalized spacial score (nSPS) is 14.2. The number of pyridine rings is 1. The number of hydrogen-bond acceptors (Lipinski definition) is 3. The van der Waals surface area contributed by atoms with E-state index in [0.29, 0.717) is 13.0 Å². The molecule has 0 saturated heterocycles. The zero-order valence-electron chi connectivity index (χ0n) is 9.99. The highest BCUT2D eigenvalue weighted by Crippen LogP contribution is 2.13. The fraction of sp³-hybridized carbons (Fsp3) is 0.500. The van der Waals surface area contributed by atoms with E-state index in [2.05, 4.69) is 10.3 Å². The van der Waals surface area contributed by atoms with Gasteiger partial charge in [0, 0.05) is 26.0 Å². The number of carbonyl (C=O) groups excluding carboxylic acids is 1. The first-order valence-corrected chi connectivity index (χ1v) is 5.34. The van der Waals surface area contributed by atoms with Crippen LogP contribution in [0.15, 0.2) is 24.5 Å². The zero-order chi connectivity index (χ0) is 12.0. The molecule has 1 amide bonds. The lowest BCUT2D eigenvalue weighted by molar-refractivity contribution is -0.142. The molecule has 0 bridgehead atoms. The molecule has 0 fully saturated rings. The van der Waals surface area contributed by atoms with Gasteiger partial charge in [-0.3, -0.25) is 9.78 Å². The van der Waals surface area contributed by atoms with E-state index in [1.54, 1.807) is 26.4 Å². The Morgan fingerprint density at radius 2 is 2.38 bits per heavy atom. The zero-order valence-corrected chi connectivity index (χ0v) is 9.99. The second-order valence-corrected chi connectivity index (χ2v) is 3.83. The Labute approximate surface area is 96.0 Å². The predicted octanol–water partition coefficient (Wildman–Crippen LogP) is 1.51. The van der Waals surface area contributed by atoms with E-state index in [1.807, 2.05) is 19.1 Å². The smallest absolute Gasteiger partial charge is 0.252 e. The Hall–Kier alpha value is -1.42. The summed E-state index contributed by atoms with van der Waals surface area (Å²) < 4.78 is 5.21. The molecule has 4 nitrogen and oxygen atoms in total. The van der Waals surface area contributed by atoms with Crippen LogP contribution in [0.4, 0.5) is 0 Å². The standard InChI is InChI=1S/C12H18N2O2/c1-4-12(2,16-3)11(15)14-9-10-6-5-7-13-8-10/h5-8H,4,9H2,1-3H3,(H,14,15). The van der Waals surface area contributed by atoms with Gasteiger partial charge in [-0.25, -0.2) is 0 Å². The SMILES string of the molecule is CCC(C)(OC)C(=O)NCc1cccnc1. The van der Waals surface area contributed by atoms with Crippen molar-refractivity contribution in [1.29, 1.82) is 0 Å². The summed E-state index contributed by atoms with van der Waals surface area (Å²) in [7, 11) is 1.55. The number of aromatic nitrogens is 1. The number of methoxy groups -OCH3 is 1. The van der Waals surface area contributed by atoms with E-state index < -0.39 is 5.60 Å². The number of hydrogen-bond donors (Lipinski definition) is 1. The Morgan fingerprint density at radius 3 is 2.88 bits per heavy atom. The summed E-state index contributed by atoms with van der Waals surface area (Å²) in [5.41, 5.74) is 0.229. The van der Waals surface area contributed by atoms with Crippen LogP contribution in [-0.2, 0) is 16.1 Å². The summed E-state index contributed by atoms with van der Waals surface area (Å²) in [5, 5.41) is 2.84. The van der Waals surface area contributed by atoms with Gasteiger partial charge in [-0.1, -0.05) is 13.0 Å². The molecule has 0 aliphatic heterocycles. The second-order valence-electron chi connectivity index (χ2n) is 3.83. The summed E-state index contributed by atoms with van der Waals surface area (Å²) in [6.07, 6.45) is 4.08. The third-order valence-corrected chi connectivity index (χ3v) is 2.78. The van der Waals surface area contributed by atoms with E-state index in [4.69, 9.17) is 4.74 Å². The number of nitrogens with zero attached hydrogens (tertiary/aromatic N) is 1. The molecule has 1 N–H and O–H groups in total. The molecule has 0 aromatic carbocycles. The molecule has 1 aromatic rings. The van der Waals surface area contributed by atoms with Crippen LogP contribution >= 0.6 is 0 Å². The fourth-order valence-electron chi connectivity index (χ4n) is 1.27. The van der Waals surface area contributed by atoms with E-state index in [1.165, 1.54) is 0 Å². The number of amides is 1. The van der Waals surface area contributed by atoms with Gasteiger partial charge in [-0.15, -0.1) is 0 Å². The van der Waals surface area contributed by atoms with Crippen LogP contribution < -0.4 is 5.32 Å². The summed E-state index contributed by atoms with van der Waals surface area (Å²) in [4.78, 5) is 15.8. The molecule has 0 saturated carbocycles. The molecule has 88 valence electrons. The molecule has 1 atom stereocenters. The molecule has 1 aromatic heterocycles. The number of carbonyl (C=O) groups is 1. The molecule has 1 heterocycles. The van der Waals surface area contributed by atoms with Gasteiger partial charge in [-0.05, 0) is 25.0 Å². The molecule has 0 radical (unpaired) electrons. The van der Waals surface area contributed by atoms with E-state index in [-0.39, 0.29) is 5.91 Å². The van der Waals surface area contributed by atoms with Gasteiger partial charge in [0.1, 0.15) is 5.60 Å². The average molecular weight is 222 g/mol. The molecule has 16 heavy (non-hydrogen) atoms. The lowest BCUT2D eigenvalue weighted by atomic mass is 10.0. The Bertz CT molecular complexity index is 334. The number of rotatable bonds is 5. The first-order valence-electron chi connectivity index (χ1n) is 5.34. The molecule has 0 aliphatic rings. The highest BCUT2D eigenvalue weighted by Gasteiger charge is 2.30. The largest absolute Gasteiger partial charge is 0.369 e. The second kappa shape index (κ2) is 5.61. The molecule has 0 aliphatic carbocycles. The minimum atomic E-state index is -0.748. The van der Waals surface area contributed by atoms with Crippen LogP contribution in [0.2, 0.25) is 0 Å². The molecule has 0 spiro atoms. The van der Waals surface area contributed by atoms with Crippen molar-refractivity contribution < 1.29 is 9.53 Å². The maximum Gasteiger partial charge on any atom is 0.252 e. The van der Waals surface area contributed by atoms with Crippen LogP contribution in [0.1, 0.15) is 25.8 Å². The lowest BCUT2D eigenvalue weighted by Crippen LogP contribution is -2.45. The van der Waals surface area contributed by atoms with Crippen LogP contribution in [-0.4, -0.2) is 23.6 Å².